The van der Waals surface area contributed by atoms with Crippen LogP contribution in [-0.2, 0) is 28.6 Å². The topological polar surface area (TPSA) is 85.4 Å². The molecule has 0 saturated carbocycles. The highest BCUT2D eigenvalue weighted by Gasteiger charge is 2.53. The number of ether oxygens (including phenoxy) is 3. The summed E-state index contributed by atoms with van der Waals surface area (Å²) in [6.45, 7) is 5.42. The van der Waals surface area contributed by atoms with Crippen molar-refractivity contribution in [2.45, 2.75) is 32.1 Å². The number of likely N-dealkylation sites (tertiary alicyclic amines) is 2. The van der Waals surface area contributed by atoms with Crippen molar-refractivity contribution in [2.24, 2.45) is 11.8 Å². The maximum atomic E-state index is 13.0. The normalized spacial score (nSPS) is 29.4. The van der Waals surface area contributed by atoms with Crippen molar-refractivity contribution in [2.75, 3.05) is 40.0 Å². The molecule has 1 aliphatic carbocycles. The summed E-state index contributed by atoms with van der Waals surface area (Å²) in [5.74, 6) is -2.02. The van der Waals surface area contributed by atoms with Gasteiger partial charge < -0.3 is 24.0 Å². The van der Waals surface area contributed by atoms with Gasteiger partial charge in [-0.2, -0.15) is 0 Å². The zero-order valence-electron chi connectivity index (χ0n) is 16.9. The third kappa shape index (κ3) is 4.27. The highest BCUT2D eigenvalue weighted by Crippen LogP contribution is 2.36. The number of hydrogen-bond donors (Lipinski definition) is 0. The lowest BCUT2D eigenvalue weighted by Crippen LogP contribution is -2.47. The van der Waals surface area contributed by atoms with Crippen LogP contribution < -0.4 is 0 Å². The first-order valence-electron chi connectivity index (χ1n) is 9.92. The largest absolute Gasteiger partial charge is 0.467 e. The van der Waals surface area contributed by atoms with Gasteiger partial charge in [-0.25, -0.2) is 4.79 Å². The number of rotatable bonds is 3. The molecule has 3 atom stereocenters. The molecule has 8 nitrogen and oxygen atoms in total. The summed E-state index contributed by atoms with van der Waals surface area (Å²) in [4.78, 5) is 40.8. The van der Waals surface area contributed by atoms with Gasteiger partial charge in [0.25, 0.3) is 0 Å². The first-order chi connectivity index (χ1) is 13.9. The second-order valence-electron chi connectivity index (χ2n) is 7.19. The van der Waals surface area contributed by atoms with Gasteiger partial charge in [0, 0.05) is 23.4 Å². The number of fused-ring (bicyclic) bond motifs is 1. The number of esters is 1. The summed E-state index contributed by atoms with van der Waals surface area (Å²) < 4.78 is 17.1. The molecule has 1 spiro atoms. The molecule has 0 aromatic heterocycles. The first kappa shape index (κ1) is 22.0. The van der Waals surface area contributed by atoms with E-state index in [1.54, 1.807) is 4.90 Å². The van der Waals surface area contributed by atoms with E-state index in [1.165, 1.54) is 12.0 Å². The number of nitrogens with zero attached hydrogens (tertiary/aromatic N) is 2. The number of carbonyl (C=O) groups excluding carboxylic acids is 3. The van der Waals surface area contributed by atoms with E-state index in [4.69, 9.17) is 14.2 Å². The predicted molar refractivity (Wildman–Crippen MR) is 108 cm³/mol. The van der Waals surface area contributed by atoms with Crippen LogP contribution >= 0.6 is 15.9 Å². The van der Waals surface area contributed by atoms with Crippen molar-refractivity contribution in [1.82, 2.24) is 9.80 Å². The van der Waals surface area contributed by atoms with E-state index >= 15 is 0 Å². The standard InChI is InChI=1S/C18H21BrN2O6.C2H6/c1-25-17(24)14-7-18(26-4-5-27-18)10-21(14)15(22)9-20-8-11-6-12(19)2-3-13(11)16(20)23;1-2/h2-3,6,11,13-14H,4-5,7-10H2,1H3;1-2H3. The van der Waals surface area contributed by atoms with E-state index in [1.807, 2.05) is 32.1 Å². The molecule has 3 fully saturated rings. The predicted octanol–water partition coefficient (Wildman–Crippen LogP) is 1.45. The summed E-state index contributed by atoms with van der Waals surface area (Å²) in [7, 11) is 1.29. The summed E-state index contributed by atoms with van der Waals surface area (Å²) in [6.07, 6.45) is 5.96. The van der Waals surface area contributed by atoms with E-state index < -0.39 is 17.8 Å². The molecule has 0 aromatic carbocycles. The van der Waals surface area contributed by atoms with E-state index in [0.29, 0.717) is 19.8 Å². The Morgan fingerprint density at radius 1 is 1.31 bits per heavy atom. The van der Waals surface area contributed by atoms with Crippen LogP contribution in [0.3, 0.4) is 0 Å². The molecule has 0 bridgehead atoms. The van der Waals surface area contributed by atoms with Crippen molar-refractivity contribution in [1.29, 1.82) is 0 Å². The van der Waals surface area contributed by atoms with Gasteiger partial charge in [0.05, 0.1) is 39.3 Å². The third-order valence-corrected chi connectivity index (χ3v) is 6.08. The van der Waals surface area contributed by atoms with Crippen LogP contribution in [0.25, 0.3) is 0 Å². The second kappa shape index (κ2) is 8.97. The van der Waals surface area contributed by atoms with Gasteiger partial charge in [-0.1, -0.05) is 48.0 Å². The minimum atomic E-state index is -0.951. The summed E-state index contributed by atoms with van der Waals surface area (Å²) in [5, 5.41) is 0. The van der Waals surface area contributed by atoms with Crippen molar-refractivity contribution in [3.05, 3.63) is 22.7 Å². The van der Waals surface area contributed by atoms with Crippen molar-refractivity contribution in [3.63, 3.8) is 0 Å². The lowest BCUT2D eigenvalue weighted by Gasteiger charge is -2.26. The first-order valence-corrected chi connectivity index (χ1v) is 10.7. The Morgan fingerprint density at radius 3 is 2.66 bits per heavy atom. The molecule has 3 unspecified atom stereocenters. The molecule has 29 heavy (non-hydrogen) atoms. The molecule has 3 heterocycles. The summed E-state index contributed by atoms with van der Waals surface area (Å²) in [5.41, 5.74) is 0. The van der Waals surface area contributed by atoms with E-state index in [2.05, 4.69) is 15.9 Å². The van der Waals surface area contributed by atoms with Crippen molar-refractivity contribution >= 4 is 33.7 Å². The smallest absolute Gasteiger partial charge is 0.328 e. The molecule has 3 aliphatic heterocycles. The fourth-order valence-corrected chi connectivity index (χ4v) is 4.73. The molecule has 0 radical (unpaired) electrons. The molecule has 9 heteroatoms. The number of carbonyl (C=O) groups is 3. The Bertz CT molecular complexity index is 730. The highest BCUT2D eigenvalue weighted by atomic mass is 79.9. The zero-order valence-corrected chi connectivity index (χ0v) is 18.5. The van der Waals surface area contributed by atoms with Gasteiger partial charge in [0.15, 0.2) is 5.79 Å². The van der Waals surface area contributed by atoms with E-state index in [0.717, 1.165) is 4.48 Å². The number of halogens is 1. The van der Waals surface area contributed by atoms with Gasteiger partial charge in [0.1, 0.15) is 6.04 Å². The summed E-state index contributed by atoms with van der Waals surface area (Å²) >= 11 is 3.43. The lowest BCUT2D eigenvalue weighted by molar-refractivity contribution is -0.153. The second-order valence-corrected chi connectivity index (χ2v) is 8.11. The average Bonchev–Trinajstić information content (AvgIpc) is 3.42. The van der Waals surface area contributed by atoms with Crippen LogP contribution in [0.5, 0.6) is 0 Å². The minimum absolute atomic E-state index is 0.0486. The van der Waals surface area contributed by atoms with Crippen LogP contribution in [0, 0.1) is 11.8 Å². The maximum Gasteiger partial charge on any atom is 0.328 e. The Morgan fingerprint density at radius 2 is 2.00 bits per heavy atom. The SMILES string of the molecule is CC.COC(=O)C1CC2(CN1C(=O)CN1CC3C=C(Br)C=CC3C1=O)OCCO2. The molecule has 0 aromatic rings. The van der Waals surface area contributed by atoms with Crippen LogP contribution in [0.4, 0.5) is 0 Å². The number of methoxy groups -OCH3 is 1. The highest BCUT2D eigenvalue weighted by molar-refractivity contribution is 9.11. The fraction of sp³-hybridized carbons (Fsp3) is 0.650. The van der Waals surface area contributed by atoms with Gasteiger partial charge in [-0.05, 0) is 0 Å². The van der Waals surface area contributed by atoms with Crippen molar-refractivity contribution in [3.8, 4) is 0 Å². The van der Waals surface area contributed by atoms with Gasteiger partial charge in [0.2, 0.25) is 11.8 Å². The van der Waals surface area contributed by atoms with Crippen LogP contribution in [0.15, 0.2) is 22.7 Å². The van der Waals surface area contributed by atoms with Crippen LogP contribution in [0.2, 0.25) is 0 Å². The van der Waals surface area contributed by atoms with E-state index in [9.17, 15) is 14.4 Å². The van der Waals surface area contributed by atoms with E-state index in [-0.39, 0.29) is 43.2 Å². The Balaban J connectivity index is 0.00000117. The molecule has 0 N–H and O–H groups in total. The molecular formula is C20H27BrN2O6. The summed E-state index contributed by atoms with van der Waals surface area (Å²) in [6, 6.07) is -0.769. The molecule has 160 valence electrons. The van der Waals surface area contributed by atoms with Gasteiger partial charge in [-0.3, -0.25) is 9.59 Å². The third-order valence-electron chi connectivity index (χ3n) is 5.55. The van der Waals surface area contributed by atoms with Crippen LogP contribution in [-0.4, -0.2) is 79.4 Å². The Hall–Kier alpha value is -1.71. The number of allylic oxidation sites excluding steroid dienone is 2. The van der Waals surface area contributed by atoms with Crippen molar-refractivity contribution < 1.29 is 28.6 Å². The molecule has 4 aliphatic rings. The van der Waals surface area contributed by atoms with Gasteiger partial charge >= 0.3 is 5.97 Å². The van der Waals surface area contributed by atoms with Gasteiger partial charge in [-0.15, -0.1) is 0 Å². The minimum Gasteiger partial charge on any atom is -0.467 e. The molecule has 4 rings (SSSR count). The molecule has 2 amide bonds. The average molecular weight is 471 g/mol. The van der Waals surface area contributed by atoms with Crippen LogP contribution in [0.1, 0.15) is 20.3 Å². The monoisotopic (exact) mass is 470 g/mol. The zero-order chi connectivity index (χ0) is 21.2. The number of amides is 2. The Kier molecular flexibility index (Phi) is 6.80. The quantitative estimate of drug-likeness (QED) is 0.580. The maximum absolute atomic E-state index is 13.0. The number of hydrogen-bond acceptors (Lipinski definition) is 6. The molecular weight excluding hydrogens is 444 g/mol. The fourth-order valence-electron chi connectivity index (χ4n) is 4.24. The molecule has 3 saturated heterocycles. The lowest BCUT2D eigenvalue weighted by atomic mass is 9.92. The Labute approximate surface area is 178 Å².